The van der Waals surface area contributed by atoms with Crippen LogP contribution in [0.25, 0.3) is 0 Å². The minimum atomic E-state index is -4.36. The Bertz CT molecular complexity index is 310. The van der Waals surface area contributed by atoms with Gasteiger partial charge in [0.1, 0.15) is 15.1 Å². The molecule has 0 fully saturated rings. The molecule has 0 aliphatic carbocycles. The molecule has 1 aromatic rings. The molecule has 4 nitrogen and oxygen atoms in total. The number of rotatable bonds is 1. The second-order valence-corrected chi connectivity index (χ2v) is 2.95. The summed E-state index contributed by atoms with van der Waals surface area (Å²) in [5.74, 6) is 0. The van der Waals surface area contributed by atoms with E-state index in [-0.39, 0.29) is 29.6 Å². The van der Waals surface area contributed by atoms with Crippen molar-refractivity contribution in [3.8, 4) is 0 Å². The zero-order chi connectivity index (χ0) is 7.61. The van der Waals surface area contributed by atoms with Gasteiger partial charge >= 0.3 is 29.6 Å². The van der Waals surface area contributed by atoms with Crippen LogP contribution in [0.5, 0.6) is 0 Å². The van der Waals surface area contributed by atoms with Gasteiger partial charge in [0.05, 0.1) is 0 Å². The van der Waals surface area contributed by atoms with E-state index >= 15 is 0 Å². The van der Waals surface area contributed by atoms with Crippen LogP contribution < -0.4 is 29.6 Å². The van der Waals surface area contributed by atoms with E-state index in [0.29, 0.717) is 0 Å². The second kappa shape index (κ2) is 4.18. The predicted octanol–water partition coefficient (Wildman–Crippen LogP) is -3.01. The van der Waals surface area contributed by atoms with E-state index in [0.717, 1.165) is 6.07 Å². The molecular weight excluding hydrogens is 177 g/mol. The van der Waals surface area contributed by atoms with Crippen LogP contribution >= 0.6 is 0 Å². The number of aromatic nitrogens is 1. The average molecular weight is 181 g/mol. The number of nitrogens with zero attached hydrogens (tertiary/aromatic N) is 1. The van der Waals surface area contributed by atoms with Crippen molar-refractivity contribution in [3.63, 3.8) is 0 Å². The maximum atomic E-state index is 10.2. The Labute approximate surface area is 86.7 Å². The zero-order valence-electron chi connectivity index (χ0n) is 5.89. The third-order valence-electron chi connectivity index (χ3n) is 0.894. The SMILES string of the molecule is O=S(=O)([O-])c1ccccn1.[Na+]. The van der Waals surface area contributed by atoms with Crippen LogP contribution in [-0.2, 0) is 10.1 Å². The summed E-state index contributed by atoms with van der Waals surface area (Å²) >= 11 is 0. The van der Waals surface area contributed by atoms with Crippen molar-refractivity contribution in [2.45, 2.75) is 5.03 Å². The molecule has 0 aromatic carbocycles. The Morgan fingerprint density at radius 2 is 2.00 bits per heavy atom. The minimum Gasteiger partial charge on any atom is -0.743 e. The third-order valence-corrected chi connectivity index (χ3v) is 1.65. The number of pyridine rings is 1. The van der Waals surface area contributed by atoms with E-state index in [4.69, 9.17) is 0 Å². The van der Waals surface area contributed by atoms with Gasteiger partial charge in [0.15, 0.2) is 0 Å². The van der Waals surface area contributed by atoms with E-state index in [2.05, 4.69) is 4.98 Å². The van der Waals surface area contributed by atoms with Crippen molar-refractivity contribution in [2.24, 2.45) is 0 Å². The van der Waals surface area contributed by atoms with Gasteiger partial charge in [-0.25, -0.2) is 13.4 Å². The predicted molar refractivity (Wildman–Crippen MR) is 32.2 cm³/mol. The average Bonchev–Trinajstić information content (AvgIpc) is 1.88. The van der Waals surface area contributed by atoms with Crippen LogP contribution in [-0.4, -0.2) is 18.0 Å². The molecule has 6 heteroatoms. The van der Waals surface area contributed by atoms with Crippen molar-refractivity contribution < 1.29 is 42.5 Å². The molecule has 0 amide bonds. The fourth-order valence-corrected chi connectivity index (χ4v) is 0.930. The van der Waals surface area contributed by atoms with Gasteiger partial charge in [-0.3, -0.25) is 0 Å². The molecule has 0 aliphatic heterocycles. The molecule has 1 heterocycles. The van der Waals surface area contributed by atoms with E-state index in [9.17, 15) is 13.0 Å². The van der Waals surface area contributed by atoms with Crippen LogP contribution in [0.1, 0.15) is 0 Å². The van der Waals surface area contributed by atoms with Crippen molar-refractivity contribution in [1.29, 1.82) is 0 Å². The Morgan fingerprint density at radius 3 is 2.27 bits per heavy atom. The molecule has 0 aliphatic rings. The second-order valence-electron chi connectivity index (χ2n) is 1.62. The van der Waals surface area contributed by atoms with Crippen molar-refractivity contribution in [1.82, 2.24) is 4.98 Å². The molecule has 1 rings (SSSR count). The summed E-state index contributed by atoms with van der Waals surface area (Å²) in [4.78, 5) is 3.35. The molecule has 0 unspecified atom stereocenters. The van der Waals surface area contributed by atoms with Gasteiger partial charge in [-0.05, 0) is 12.1 Å². The molecule has 11 heavy (non-hydrogen) atoms. The van der Waals surface area contributed by atoms with Crippen LogP contribution in [0.3, 0.4) is 0 Å². The molecule has 0 saturated carbocycles. The smallest absolute Gasteiger partial charge is 0.743 e. The molecule has 0 atom stereocenters. The summed E-state index contributed by atoms with van der Waals surface area (Å²) in [6.07, 6.45) is 1.25. The summed E-state index contributed by atoms with van der Waals surface area (Å²) in [5.41, 5.74) is 0. The first-order valence-electron chi connectivity index (χ1n) is 2.47. The summed E-state index contributed by atoms with van der Waals surface area (Å²) in [6.45, 7) is 0. The Kier molecular flexibility index (Phi) is 4.20. The molecular formula is C5H4NNaO3S. The monoisotopic (exact) mass is 181 g/mol. The van der Waals surface area contributed by atoms with Gasteiger partial charge < -0.3 is 4.55 Å². The standard InChI is InChI=1S/C5H5NO3S.Na/c7-10(8,9)5-3-1-2-4-6-5;/h1-4H,(H,7,8,9);/q;+1/p-1. The first kappa shape index (κ1) is 11.1. The maximum absolute atomic E-state index is 10.2. The molecule has 0 saturated heterocycles. The van der Waals surface area contributed by atoms with Gasteiger partial charge in [0, 0.05) is 6.20 Å². The van der Waals surface area contributed by atoms with Crippen LogP contribution in [0, 0.1) is 0 Å². The Morgan fingerprint density at radius 1 is 1.36 bits per heavy atom. The molecule has 0 spiro atoms. The molecule has 0 bridgehead atoms. The largest absolute Gasteiger partial charge is 1.00 e. The minimum absolute atomic E-state index is 0. The first-order chi connectivity index (χ1) is 4.61. The zero-order valence-corrected chi connectivity index (χ0v) is 8.71. The summed E-state index contributed by atoms with van der Waals surface area (Å²) in [5, 5.41) is -0.435. The summed E-state index contributed by atoms with van der Waals surface area (Å²) in [6, 6.07) is 4.13. The van der Waals surface area contributed by atoms with Crippen LogP contribution in [0.4, 0.5) is 0 Å². The normalized spacial score (nSPS) is 10.3. The van der Waals surface area contributed by atoms with Gasteiger partial charge in [-0.1, -0.05) is 6.07 Å². The molecule has 0 N–H and O–H groups in total. The summed E-state index contributed by atoms with van der Waals surface area (Å²) in [7, 11) is -4.36. The molecule has 0 radical (unpaired) electrons. The van der Waals surface area contributed by atoms with E-state index in [1.165, 1.54) is 18.3 Å². The van der Waals surface area contributed by atoms with E-state index in [1.807, 2.05) is 0 Å². The fourth-order valence-electron chi connectivity index (χ4n) is 0.495. The van der Waals surface area contributed by atoms with E-state index in [1.54, 1.807) is 0 Å². The number of hydrogen-bond donors (Lipinski definition) is 0. The fraction of sp³-hybridized carbons (Fsp3) is 0. The first-order valence-corrected chi connectivity index (χ1v) is 3.88. The quantitative estimate of drug-likeness (QED) is 0.342. The van der Waals surface area contributed by atoms with E-state index < -0.39 is 15.1 Å². The third kappa shape index (κ3) is 3.31. The Hall–Kier alpha value is 0.0600. The van der Waals surface area contributed by atoms with Gasteiger partial charge in [-0.15, -0.1) is 0 Å². The van der Waals surface area contributed by atoms with Gasteiger partial charge in [0.25, 0.3) is 0 Å². The van der Waals surface area contributed by atoms with Gasteiger partial charge in [0.2, 0.25) is 0 Å². The number of hydrogen-bond acceptors (Lipinski definition) is 4. The maximum Gasteiger partial charge on any atom is 1.00 e. The molecule has 1 aromatic heterocycles. The van der Waals surface area contributed by atoms with Gasteiger partial charge in [-0.2, -0.15) is 0 Å². The van der Waals surface area contributed by atoms with Crippen molar-refractivity contribution in [2.75, 3.05) is 0 Å². The molecule has 54 valence electrons. The van der Waals surface area contributed by atoms with Crippen LogP contribution in [0.2, 0.25) is 0 Å². The summed E-state index contributed by atoms with van der Waals surface area (Å²) < 4.78 is 30.6. The van der Waals surface area contributed by atoms with Crippen LogP contribution in [0.15, 0.2) is 29.4 Å². The van der Waals surface area contributed by atoms with Crippen molar-refractivity contribution in [3.05, 3.63) is 24.4 Å². The Balaban J connectivity index is 0.000001000. The topological polar surface area (TPSA) is 70.1 Å². The van der Waals surface area contributed by atoms with Crippen molar-refractivity contribution >= 4 is 10.1 Å².